The molecule has 0 radical (unpaired) electrons. The molecule has 3 rings (SSSR count). The molecule has 0 fully saturated rings. The van der Waals surface area contributed by atoms with Crippen molar-refractivity contribution in [3.05, 3.63) is 53.6 Å². The summed E-state index contributed by atoms with van der Waals surface area (Å²) in [5.41, 5.74) is 1.10. The Morgan fingerprint density at radius 2 is 1.91 bits per heavy atom. The van der Waals surface area contributed by atoms with E-state index in [0.29, 0.717) is 22.1 Å². The van der Waals surface area contributed by atoms with E-state index in [2.05, 4.69) is 5.32 Å². The molecular formula is C17H15ClN2O3. The predicted octanol–water partition coefficient (Wildman–Crippen LogP) is 3.09. The molecule has 0 spiro atoms. The van der Waals surface area contributed by atoms with E-state index in [-0.39, 0.29) is 18.4 Å². The second-order valence-electron chi connectivity index (χ2n) is 5.18. The zero-order valence-electron chi connectivity index (χ0n) is 12.5. The highest BCUT2D eigenvalue weighted by Gasteiger charge is 2.32. The quantitative estimate of drug-likeness (QED) is 0.940. The van der Waals surface area contributed by atoms with Crippen LogP contribution in [-0.2, 0) is 9.59 Å². The summed E-state index contributed by atoms with van der Waals surface area (Å²) in [5.74, 6) is 0.0125. The van der Waals surface area contributed by atoms with E-state index in [1.54, 1.807) is 49.4 Å². The van der Waals surface area contributed by atoms with Gasteiger partial charge in [-0.1, -0.05) is 35.9 Å². The van der Waals surface area contributed by atoms with Crippen LogP contribution in [0.3, 0.4) is 0 Å². The van der Waals surface area contributed by atoms with Gasteiger partial charge in [-0.15, -0.1) is 0 Å². The van der Waals surface area contributed by atoms with Crippen molar-refractivity contribution in [3.63, 3.8) is 0 Å². The molecular weight excluding hydrogens is 316 g/mol. The fourth-order valence-electron chi connectivity index (χ4n) is 2.42. The van der Waals surface area contributed by atoms with Gasteiger partial charge in [-0.3, -0.25) is 14.5 Å². The number of rotatable bonds is 3. The van der Waals surface area contributed by atoms with Crippen molar-refractivity contribution in [2.75, 3.05) is 16.8 Å². The first kappa shape index (κ1) is 15.4. The molecule has 0 saturated carbocycles. The van der Waals surface area contributed by atoms with Gasteiger partial charge in [-0.2, -0.15) is 0 Å². The number of amides is 2. The van der Waals surface area contributed by atoms with E-state index in [1.165, 1.54) is 4.90 Å². The van der Waals surface area contributed by atoms with Crippen LogP contribution in [0, 0.1) is 0 Å². The minimum Gasteiger partial charge on any atom is -0.479 e. The lowest BCUT2D eigenvalue weighted by Gasteiger charge is -2.32. The first-order chi connectivity index (χ1) is 11.1. The lowest BCUT2D eigenvalue weighted by Crippen LogP contribution is -2.47. The Morgan fingerprint density at radius 1 is 1.22 bits per heavy atom. The summed E-state index contributed by atoms with van der Waals surface area (Å²) < 4.78 is 5.55. The number of para-hydroxylation sites is 3. The Morgan fingerprint density at radius 3 is 2.70 bits per heavy atom. The molecule has 1 aliphatic heterocycles. The average Bonchev–Trinajstić information content (AvgIpc) is 2.54. The largest absolute Gasteiger partial charge is 0.479 e. The van der Waals surface area contributed by atoms with Crippen LogP contribution in [-0.4, -0.2) is 24.5 Å². The van der Waals surface area contributed by atoms with Crippen LogP contribution in [0.1, 0.15) is 6.92 Å². The molecule has 1 atom stereocenters. The van der Waals surface area contributed by atoms with Gasteiger partial charge >= 0.3 is 0 Å². The first-order valence-electron chi connectivity index (χ1n) is 7.17. The molecule has 6 heteroatoms. The second-order valence-corrected chi connectivity index (χ2v) is 5.59. The maximum Gasteiger partial charge on any atom is 0.268 e. The van der Waals surface area contributed by atoms with Crippen molar-refractivity contribution in [3.8, 4) is 5.75 Å². The summed E-state index contributed by atoms with van der Waals surface area (Å²) in [6.45, 7) is 1.56. The van der Waals surface area contributed by atoms with Crippen LogP contribution < -0.4 is 15.0 Å². The van der Waals surface area contributed by atoms with Crippen molar-refractivity contribution in [1.29, 1.82) is 0 Å². The molecule has 2 aromatic rings. The van der Waals surface area contributed by atoms with Gasteiger partial charge in [0.25, 0.3) is 5.91 Å². The number of benzene rings is 2. The molecule has 1 heterocycles. The Labute approximate surface area is 138 Å². The van der Waals surface area contributed by atoms with E-state index < -0.39 is 6.10 Å². The molecule has 0 aliphatic carbocycles. The SMILES string of the molecule is CC1Oc2ccccc2N(CC(=O)Nc2ccccc2Cl)C1=O. The zero-order chi connectivity index (χ0) is 16.4. The molecule has 1 N–H and O–H groups in total. The highest BCUT2D eigenvalue weighted by molar-refractivity contribution is 6.33. The Balaban J connectivity index is 1.80. The number of anilines is 2. The predicted molar refractivity (Wildman–Crippen MR) is 89.0 cm³/mol. The molecule has 0 aromatic heterocycles. The summed E-state index contributed by atoms with van der Waals surface area (Å²) in [6.07, 6.45) is -0.627. The molecule has 2 amide bonds. The summed E-state index contributed by atoms with van der Waals surface area (Å²) >= 11 is 6.03. The number of carbonyl (C=O) groups excluding carboxylic acids is 2. The van der Waals surface area contributed by atoms with Crippen LogP contribution >= 0.6 is 11.6 Å². The molecule has 23 heavy (non-hydrogen) atoms. The number of nitrogens with one attached hydrogen (secondary N) is 1. The van der Waals surface area contributed by atoms with E-state index in [4.69, 9.17) is 16.3 Å². The van der Waals surface area contributed by atoms with Crippen LogP contribution in [0.4, 0.5) is 11.4 Å². The monoisotopic (exact) mass is 330 g/mol. The van der Waals surface area contributed by atoms with Crippen LogP contribution in [0.15, 0.2) is 48.5 Å². The standard InChI is InChI=1S/C17H15ClN2O3/c1-11-17(22)20(14-8-4-5-9-15(14)23-11)10-16(21)19-13-7-3-2-6-12(13)18/h2-9,11H,10H2,1H3,(H,19,21). The lowest BCUT2D eigenvalue weighted by molar-refractivity contribution is -0.127. The fourth-order valence-corrected chi connectivity index (χ4v) is 2.60. The Hall–Kier alpha value is -2.53. The van der Waals surface area contributed by atoms with Crippen LogP contribution in [0.5, 0.6) is 5.75 Å². The van der Waals surface area contributed by atoms with Crippen molar-refractivity contribution < 1.29 is 14.3 Å². The second kappa shape index (κ2) is 6.30. The molecule has 0 saturated heterocycles. The van der Waals surface area contributed by atoms with Gasteiger partial charge < -0.3 is 10.1 Å². The number of halogens is 1. The summed E-state index contributed by atoms with van der Waals surface area (Å²) in [4.78, 5) is 26.1. The highest BCUT2D eigenvalue weighted by atomic mass is 35.5. The third-order valence-electron chi connectivity index (χ3n) is 3.52. The highest BCUT2D eigenvalue weighted by Crippen LogP contribution is 2.33. The van der Waals surface area contributed by atoms with Gasteiger partial charge in [0.05, 0.1) is 16.4 Å². The molecule has 5 nitrogen and oxygen atoms in total. The molecule has 118 valence electrons. The minimum absolute atomic E-state index is 0.102. The normalized spacial score (nSPS) is 16.5. The maximum atomic E-state index is 12.3. The van der Waals surface area contributed by atoms with Crippen LogP contribution in [0.25, 0.3) is 0 Å². The summed E-state index contributed by atoms with van der Waals surface area (Å²) in [6, 6.07) is 14.1. The number of nitrogens with zero attached hydrogens (tertiary/aromatic N) is 1. The summed E-state index contributed by atoms with van der Waals surface area (Å²) in [5, 5.41) is 3.17. The topological polar surface area (TPSA) is 58.6 Å². The lowest BCUT2D eigenvalue weighted by atomic mass is 10.2. The van der Waals surface area contributed by atoms with Gasteiger partial charge in [-0.25, -0.2) is 0 Å². The fraction of sp³-hybridized carbons (Fsp3) is 0.176. The van der Waals surface area contributed by atoms with Gasteiger partial charge in [0.1, 0.15) is 12.3 Å². The van der Waals surface area contributed by atoms with Gasteiger partial charge in [-0.05, 0) is 31.2 Å². The molecule has 1 aliphatic rings. The maximum absolute atomic E-state index is 12.3. The van der Waals surface area contributed by atoms with E-state index >= 15 is 0 Å². The Kier molecular flexibility index (Phi) is 4.21. The number of fused-ring (bicyclic) bond motifs is 1. The summed E-state index contributed by atoms with van der Waals surface area (Å²) in [7, 11) is 0. The van der Waals surface area contributed by atoms with Crippen molar-refractivity contribution >= 4 is 34.8 Å². The molecule has 1 unspecified atom stereocenters. The van der Waals surface area contributed by atoms with Gasteiger partial charge in [0.2, 0.25) is 5.91 Å². The number of hydrogen-bond donors (Lipinski definition) is 1. The van der Waals surface area contributed by atoms with Crippen LogP contribution in [0.2, 0.25) is 5.02 Å². The van der Waals surface area contributed by atoms with Crippen molar-refractivity contribution in [2.24, 2.45) is 0 Å². The minimum atomic E-state index is -0.627. The van der Waals surface area contributed by atoms with E-state index in [9.17, 15) is 9.59 Å². The molecule has 2 aromatic carbocycles. The zero-order valence-corrected chi connectivity index (χ0v) is 13.2. The van der Waals surface area contributed by atoms with Gasteiger partial charge in [0.15, 0.2) is 6.10 Å². The smallest absolute Gasteiger partial charge is 0.268 e. The van der Waals surface area contributed by atoms with E-state index in [1.807, 2.05) is 6.07 Å². The first-order valence-corrected chi connectivity index (χ1v) is 7.55. The number of ether oxygens (including phenoxy) is 1. The van der Waals surface area contributed by atoms with Gasteiger partial charge in [0, 0.05) is 0 Å². The third kappa shape index (κ3) is 3.14. The third-order valence-corrected chi connectivity index (χ3v) is 3.85. The average molecular weight is 331 g/mol. The number of hydrogen-bond acceptors (Lipinski definition) is 3. The van der Waals surface area contributed by atoms with E-state index in [0.717, 1.165) is 0 Å². The molecule has 0 bridgehead atoms. The number of carbonyl (C=O) groups is 2. The Bertz CT molecular complexity index is 763. The van der Waals surface area contributed by atoms with Crippen molar-refractivity contribution in [1.82, 2.24) is 0 Å². The van der Waals surface area contributed by atoms with Crippen molar-refractivity contribution in [2.45, 2.75) is 13.0 Å².